The van der Waals surface area contributed by atoms with E-state index in [0.29, 0.717) is 19.6 Å². The van der Waals surface area contributed by atoms with E-state index < -0.39 is 29.3 Å². The number of halogens is 3. The number of nitrogens with one attached hydrogen (secondary N) is 2. The molecule has 1 saturated heterocycles. The van der Waals surface area contributed by atoms with Crippen LogP contribution >= 0.6 is 0 Å². The molecule has 30 heavy (non-hydrogen) atoms. The van der Waals surface area contributed by atoms with Gasteiger partial charge in [-0.3, -0.25) is 4.79 Å². The van der Waals surface area contributed by atoms with Crippen LogP contribution in [0.3, 0.4) is 0 Å². The van der Waals surface area contributed by atoms with Crippen molar-refractivity contribution in [1.82, 2.24) is 15.5 Å². The number of nitrogens with zero attached hydrogens (tertiary/aromatic N) is 1. The van der Waals surface area contributed by atoms with Crippen LogP contribution in [0.15, 0.2) is 24.3 Å². The van der Waals surface area contributed by atoms with Crippen LogP contribution in [0.2, 0.25) is 0 Å². The zero-order valence-corrected chi connectivity index (χ0v) is 17.6. The summed E-state index contributed by atoms with van der Waals surface area (Å²) in [7, 11) is 0. The van der Waals surface area contributed by atoms with Crippen molar-refractivity contribution in [2.75, 3.05) is 32.7 Å². The van der Waals surface area contributed by atoms with Crippen molar-refractivity contribution in [3.63, 3.8) is 0 Å². The number of hydrogen-bond donors (Lipinski definition) is 2. The Hall–Kier alpha value is -2.29. The average molecular weight is 429 g/mol. The van der Waals surface area contributed by atoms with Crippen molar-refractivity contribution in [2.24, 2.45) is 5.92 Å². The molecule has 1 aliphatic rings. The molecular weight excluding hydrogens is 399 g/mol. The van der Waals surface area contributed by atoms with Crippen LogP contribution in [0, 0.1) is 5.92 Å². The Bertz CT molecular complexity index is 724. The van der Waals surface area contributed by atoms with Gasteiger partial charge in [0.25, 0.3) is 5.91 Å². The largest absolute Gasteiger partial charge is 0.444 e. The number of alkyl carbamates (subject to hydrolysis) is 1. The lowest BCUT2D eigenvalue weighted by atomic mass is 9.96. The number of amides is 2. The Morgan fingerprint density at radius 3 is 2.40 bits per heavy atom. The number of likely N-dealkylation sites (tertiary alicyclic amines) is 1. The first kappa shape index (κ1) is 24.0. The van der Waals surface area contributed by atoms with Crippen LogP contribution in [0.1, 0.15) is 49.5 Å². The Balaban J connectivity index is 1.68. The number of carbonyl (C=O) groups is 2. The van der Waals surface area contributed by atoms with Gasteiger partial charge in [0.1, 0.15) is 5.60 Å². The van der Waals surface area contributed by atoms with Gasteiger partial charge >= 0.3 is 12.3 Å². The highest BCUT2D eigenvalue weighted by Crippen LogP contribution is 2.29. The molecule has 1 fully saturated rings. The van der Waals surface area contributed by atoms with Gasteiger partial charge in [0.2, 0.25) is 0 Å². The normalized spacial score (nSPS) is 16.2. The second-order valence-corrected chi connectivity index (χ2v) is 8.50. The average Bonchev–Trinajstić information content (AvgIpc) is 2.65. The van der Waals surface area contributed by atoms with Crippen LogP contribution in [-0.2, 0) is 10.9 Å². The van der Waals surface area contributed by atoms with Crippen molar-refractivity contribution in [3.05, 3.63) is 35.4 Å². The van der Waals surface area contributed by atoms with Crippen LogP contribution < -0.4 is 10.6 Å². The van der Waals surface area contributed by atoms with E-state index in [1.165, 1.54) is 12.1 Å². The Morgan fingerprint density at radius 1 is 1.13 bits per heavy atom. The van der Waals surface area contributed by atoms with Crippen molar-refractivity contribution in [1.29, 1.82) is 0 Å². The Labute approximate surface area is 175 Å². The molecule has 0 radical (unpaired) electrons. The SMILES string of the molecule is CC(C)(C)OC(=O)NCCN1CCC(CNC(=O)c2cccc(C(F)(F)F)c2)CC1. The third kappa shape index (κ3) is 8.22. The molecule has 1 aliphatic heterocycles. The second kappa shape index (κ2) is 10.1. The molecule has 9 heteroatoms. The number of rotatable bonds is 6. The highest BCUT2D eigenvalue weighted by Gasteiger charge is 2.31. The summed E-state index contributed by atoms with van der Waals surface area (Å²) in [5.41, 5.74) is -1.35. The third-order valence-corrected chi connectivity index (χ3v) is 4.81. The van der Waals surface area contributed by atoms with E-state index in [-0.39, 0.29) is 11.5 Å². The van der Waals surface area contributed by atoms with E-state index in [1.807, 2.05) is 20.8 Å². The zero-order chi connectivity index (χ0) is 22.4. The van der Waals surface area contributed by atoms with Gasteiger partial charge in [0.05, 0.1) is 5.56 Å². The lowest BCUT2D eigenvalue weighted by Gasteiger charge is -2.32. The maximum absolute atomic E-state index is 12.8. The standard InChI is InChI=1S/C21H30F3N3O3/c1-20(2,3)30-19(29)25-9-12-27-10-7-15(8-11-27)14-26-18(28)16-5-4-6-17(13-16)21(22,23)24/h4-6,13,15H,7-12,14H2,1-3H3,(H,25,29)(H,26,28). The van der Waals surface area contributed by atoms with E-state index in [4.69, 9.17) is 4.74 Å². The fourth-order valence-electron chi connectivity index (χ4n) is 3.22. The lowest BCUT2D eigenvalue weighted by Crippen LogP contribution is -2.42. The first-order valence-corrected chi connectivity index (χ1v) is 10.1. The van der Waals surface area contributed by atoms with Crippen LogP contribution in [0.4, 0.5) is 18.0 Å². The van der Waals surface area contributed by atoms with Gasteiger partial charge in [0, 0.05) is 25.2 Å². The van der Waals surface area contributed by atoms with Crippen LogP contribution in [0.25, 0.3) is 0 Å². The Kier molecular flexibility index (Phi) is 8.11. The summed E-state index contributed by atoms with van der Waals surface area (Å²) in [5.74, 6) is -0.222. The Morgan fingerprint density at radius 2 is 1.80 bits per heavy atom. The number of benzene rings is 1. The minimum Gasteiger partial charge on any atom is -0.444 e. The van der Waals surface area contributed by atoms with E-state index in [9.17, 15) is 22.8 Å². The van der Waals surface area contributed by atoms with Crippen LogP contribution in [-0.4, -0.2) is 55.2 Å². The summed E-state index contributed by atoms with van der Waals surface area (Å²) in [6.45, 7) is 8.73. The summed E-state index contributed by atoms with van der Waals surface area (Å²) < 4.78 is 43.5. The summed E-state index contributed by atoms with van der Waals surface area (Å²) in [4.78, 5) is 26.1. The monoisotopic (exact) mass is 429 g/mol. The molecule has 6 nitrogen and oxygen atoms in total. The second-order valence-electron chi connectivity index (χ2n) is 8.50. The fraction of sp³-hybridized carbons (Fsp3) is 0.619. The predicted molar refractivity (Wildman–Crippen MR) is 107 cm³/mol. The fourth-order valence-corrected chi connectivity index (χ4v) is 3.22. The number of carbonyl (C=O) groups excluding carboxylic acids is 2. The van der Waals surface area contributed by atoms with Crippen molar-refractivity contribution in [2.45, 2.75) is 45.4 Å². The first-order chi connectivity index (χ1) is 13.9. The van der Waals surface area contributed by atoms with Crippen LogP contribution in [0.5, 0.6) is 0 Å². The van der Waals surface area contributed by atoms with Gasteiger partial charge in [-0.1, -0.05) is 6.07 Å². The number of hydrogen-bond acceptors (Lipinski definition) is 4. The molecule has 0 spiro atoms. The van der Waals surface area contributed by atoms with E-state index in [0.717, 1.165) is 38.1 Å². The third-order valence-electron chi connectivity index (χ3n) is 4.81. The molecule has 0 aliphatic carbocycles. The molecule has 2 N–H and O–H groups in total. The molecule has 1 heterocycles. The molecular formula is C21H30F3N3O3. The smallest absolute Gasteiger partial charge is 0.416 e. The molecule has 0 bridgehead atoms. The van der Waals surface area contributed by atoms with Gasteiger partial charge in [-0.15, -0.1) is 0 Å². The lowest BCUT2D eigenvalue weighted by molar-refractivity contribution is -0.137. The van der Waals surface area contributed by atoms with Gasteiger partial charge < -0.3 is 20.3 Å². The van der Waals surface area contributed by atoms with Gasteiger partial charge in [0.15, 0.2) is 0 Å². The molecule has 2 amide bonds. The maximum Gasteiger partial charge on any atom is 0.416 e. The molecule has 0 saturated carbocycles. The highest BCUT2D eigenvalue weighted by atomic mass is 19.4. The maximum atomic E-state index is 12.8. The predicted octanol–water partition coefficient (Wildman–Crippen LogP) is 3.67. The van der Waals surface area contributed by atoms with Gasteiger partial charge in [-0.2, -0.15) is 13.2 Å². The number of ether oxygens (including phenoxy) is 1. The molecule has 168 valence electrons. The van der Waals surface area contributed by atoms with E-state index >= 15 is 0 Å². The first-order valence-electron chi connectivity index (χ1n) is 10.1. The minimum absolute atomic E-state index is 0.00970. The zero-order valence-electron chi connectivity index (χ0n) is 17.6. The molecule has 2 rings (SSSR count). The molecule has 1 aromatic rings. The molecule has 0 unspecified atom stereocenters. The summed E-state index contributed by atoms with van der Waals surface area (Å²) in [5, 5.41) is 5.47. The number of piperidine rings is 1. The van der Waals surface area contributed by atoms with Crippen molar-refractivity contribution in [3.8, 4) is 0 Å². The van der Waals surface area contributed by atoms with Gasteiger partial charge in [-0.05, 0) is 70.8 Å². The number of alkyl halides is 3. The molecule has 1 aromatic carbocycles. The topological polar surface area (TPSA) is 70.7 Å². The van der Waals surface area contributed by atoms with Gasteiger partial charge in [-0.25, -0.2) is 4.79 Å². The molecule has 0 aromatic heterocycles. The summed E-state index contributed by atoms with van der Waals surface area (Å²) >= 11 is 0. The van der Waals surface area contributed by atoms with Crippen molar-refractivity contribution >= 4 is 12.0 Å². The highest BCUT2D eigenvalue weighted by molar-refractivity contribution is 5.94. The summed E-state index contributed by atoms with van der Waals surface area (Å²) in [6.07, 6.45) is -3.17. The van der Waals surface area contributed by atoms with Crippen molar-refractivity contribution < 1.29 is 27.5 Å². The van der Waals surface area contributed by atoms with E-state index in [1.54, 1.807) is 0 Å². The summed E-state index contributed by atoms with van der Waals surface area (Å²) in [6, 6.07) is 4.44. The quantitative estimate of drug-likeness (QED) is 0.724. The van der Waals surface area contributed by atoms with E-state index in [2.05, 4.69) is 15.5 Å². The molecule has 0 atom stereocenters. The minimum atomic E-state index is -4.47.